The molecule has 1 saturated carbocycles. The lowest BCUT2D eigenvalue weighted by Gasteiger charge is -2.34. The number of benzene rings is 1. The second kappa shape index (κ2) is 6.43. The van der Waals surface area contributed by atoms with Crippen molar-refractivity contribution in [1.29, 1.82) is 0 Å². The highest BCUT2D eigenvalue weighted by molar-refractivity contribution is 5.68. The molecule has 0 radical (unpaired) electrons. The van der Waals surface area contributed by atoms with Crippen LogP contribution in [0.25, 0.3) is 0 Å². The first kappa shape index (κ1) is 16.0. The van der Waals surface area contributed by atoms with Crippen LogP contribution in [0.15, 0.2) is 36.4 Å². The van der Waals surface area contributed by atoms with Crippen LogP contribution in [0.4, 0.5) is 10.6 Å². The van der Waals surface area contributed by atoms with E-state index in [0.29, 0.717) is 25.1 Å². The molecule has 1 N–H and O–H groups in total. The molecule has 4 rings (SSSR count). The molecule has 1 aromatic carbocycles. The Balaban J connectivity index is 1.27. The Morgan fingerprint density at radius 1 is 1.20 bits per heavy atom. The molecule has 1 saturated heterocycles. The molecule has 2 fully saturated rings. The van der Waals surface area contributed by atoms with Crippen molar-refractivity contribution in [3.8, 4) is 0 Å². The molecule has 0 unspecified atom stereocenters. The summed E-state index contributed by atoms with van der Waals surface area (Å²) in [5.74, 6) is 0.987. The third kappa shape index (κ3) is 3.48. The van der Waals surface area contributed by atoms with Crippen LogP contribution >= 0.6 is 0 Å². The third-order valence-electron chi connectivity index (χ3n) is 5.28. The summed E-state index contributed by atoms with van der Waals surface area (Å²) in [5.41, 5.74) is 2.54. The minimum absolute atomic E-state index is 0.239. The Bertz CT molecular complexity index is 731. The van der Waals surface area contributed by atoms with Gasteiger partial charge in [-0.05, 0) is 18.4 Å². The van der Waals surface area contributed by atoms with Crippen LogP contribution in [0.3, 0.4) is 0 Å². The standard InChI is InChI=1S/C19H24N4O2/c1-19(7-8-19)16-13-17(21-20-16)22-9-11-23(12-10-22)18(24)25-14-15-5-3-2-4-6-15/h2-6,13H,7-12,14H2,1H3,(H,20,21). The van der Waals surface area contributed by atoms with Gasteiger partial charge in [0.15, 0.2) is 5.82 Å². The molecule has 132 valence electrons. The minimum Gasteiger partial charge on any atom is -0.445 e. The van der Waals surface area contributed by atoms with E-state index in [2.05, 4.69) is 28.1 Å². The molecular weight excluding hydrogens is 316 g/mol. The van der Waals surface area contributed by atoms with Crippen molar-refractivity contribution >= 4 is 11.9 Å². The number of H-pyrrole nitrogens is 1. The highest BCUT2D eigenvalue weighted by Crippen LogP contribution is 2.47. The zero-order valence-corrected chi connectivity index (χ0v) is 14.6. The fourth-order valence-corrected chi connectivity index (χ4v) is 3.17. The number of carbonyl (C=O) groups excluding carboxylic acids is 1. The van der Waals surface area contributed by atoms with Crippen LogP contribution in [-0.4, -0.2) is 47.4 Å². The number of carbonyl (C=O) groups is 1. The number of anilines is 1. The van der Waals surface area contributed by atoms with Gasteiger partial charge in [-0.1, -0.05) is 37.3 Å². The monoisotopic (exact) mass is 340 g/mol. The summed E-state index contributed by atoms with van der Waals surface area (Å²) in [6.07, 6.45) is 2.22. The van der Waals surface area contributed by atoms with E-state index < -0.39 is 0 Å². The van der Waals surface area contributed by atoms with Crippen LogP contribution < -0.4 is 4.90 Å². The van der Waals surface area contributed by atoms with Crippen molar-refractivity contribution in [2.24, 2.45) is 0 Å². The van der Waals surface area contributed by atoms with Gasteiger partial charge in [-0.3, -0.25) is 5.10 Å². The topological polar surface area (TPSA) is 61.5 Å². The number of piperazine rings is 1. The van der Waals surface area contributed by atoms with E-state index in [4.69, 9.17) is 4.74 Å². The van der Waals surface area contributed by atoms with Gasteiger partial charge in [0.2, 0.25) is 0 Å². The highest BCUT2D eigenvalue weighted by atomic mass is 16.6. The second-order valence-corrected chi connectivity index (χ2v) is 7.21. The van der Waals surface area contributed by atoms with Gasteiger partial charge in [0.05, 0.1) is 0 Å². The van der Waals surface area contributed by atoms with Gasteiger partial charge in [-0.15, -0.1) is 0 Å². The van der Waals surface area contributed by atoms with E-state index in [1.54, 1.807) is 4.90 Å². The molecule has 25 heavy (non-hydrogen) atoms. The molecule has 1 aliphatic heterocycles. The van der Waals surface area contributed by atoms with Crippen molar-refractivity contribution in [2.45, 2.75) is 31.8 Å². The quantitative estimate of drug-likeness (QED) is 0.930. The molecule has 2 heterocycles. The predicted octanol–water partition coefficient (Wildman–Crippen LogP) is 2.92. The highest BCUT2D eigenvalue weighted by Gasteiger charge is 2.41. The average molecular weight is 340 g/mol. The lowest BCUT2D eigenvalue weighted by atomic mass is 10.1. The van der Waals surface area contributed by atoms with E-state index in [-0.39, 0.29) is 6.09 Å². The van der Waals surface area contributed by atoms with Gasteiger partial charge >= 0.3 is 6.09 Å². The smallest absolute Gasteiger partial charge is 0.410 e. The molecule has 0 bridgehead atoms. The fraction of sp³-hybridized carbons (Fsp3) is 0.474. The van der Waals surface area contributed by atoms with E-state index >= 15 is 0 Å². The first-order valence-corrected chi connectivity index (χ1v) is 8.90. The first-order chi connectivity index (χ1) is 12.1. The number of rotatable bonds is 4. The summed E-state index contributed by atoms with van der Waals surface area (Å²) < 4.78 is 5.41. The number of hydrogen-bond donors (Lipinski definition) is 1. The Morgan fingerprint density at radius 3 is 2.60 bits per heavy atom. The number of nitrogens with one attached hydrogen (secondary N) is 1. The van der Waals surface area contributed by atoms with Gasteiger partial charge in [-0.25, -0.2) is 4.79 Å². The number of nitrogens with zero attached hydrogens (tertiary/aromatic N) is 3. The molecule has 6 nitrogen and oxygen atoms in total. The Hall–Kier alpha value is -2.50. The maximum atomic E-state index is 12.2. The Morgan fingerprint density at radius 2 is 1.92 bits per heavy atom. The molecule has 6 heteroatoms. The average Bonchev–Trinajstić information content (AvgIpc) is 3.21. The zero-order valence-electron chi connectivity index (χ0n) is 14.6. The van der Waals surface area contributed by atoms with Crippen molar-refractivity contribution in [2.75, 3.05) is 31.1 Å². The molecule has 0 atom stereocenters. The number of aromatic nitrogens is 2. The van der Waals surface area contributed by atoms with Crippen molar-refractivity contribution in [3.05, 3.63) is 47.7 Å². The normalized spacial score (nSPS) is 18.9. The molecule has 2 aliphatic rings. The van der Waals surface area contributed by atoms with Crippen LogP contribution in [0.5, 0.6) is 0 Å². The van der Waals surface area contributed by atoms with Crippen molar-refractivity contribution in [3.63, 3.8) is 0 Å². The van der Waals surface area contributed by atoms with Gasteiger partial charge in [0, 0.05) is 43.4 Å². The van der Waals surface area contributed by atoms with E-state index in [0.717, 1.165) is 24.5 Å². The largest absolute Gasteiger partial charge is 0.445 e. The molecular formula is C19H24N4O2. The van der Waals surface area contributed by atoms with Gasteiger partial charge in [0.25, 0.3) is 0 Å². The molecule has 2 aromatic rings. The molecule has 0 spiro atoms. The number of hydrogen-bond acceptors (Lipinski definition) is 4. The summed E-state index contributed by atoms with van der Waals surface area (Å²) in [4.78, 5) is 16.2. The van der Waals surface area contributed by atoms with E-state index in [9.17, 15) is 4.79 Å². The second-order valence-electron chi connectivity index (χ2n) is 7.21. The minimum atomic E-state index is -0.239. The maximum Gasteiger partial charge on any atom is 0.410 e. The Kier molecular flexibility index (Phi) is 4.11. The van der Waals surface area contributed by atoms with Crippen LogP contribution in [0, 0.1) is 0 Å². The van der Waals surface area contributed by atoms with Crippen molar-refractivity contribution in [1.82, 2.24) is 15.1 Å². The molecule has 1 amide bonds. The molecule has 1 aliphatic carbocycles. The Labute approximate surface area is 147 Å². The van der Waals surface area contributed by atoms with Gasteiger partial charge < -0.3 is 14.5 Å². The van der Waals surface area contributed by atoms with E-state index in [1.165, 1.54) is 18.5 Å². The van der Waals surface area contributed by atoms with Crippen LogP contribution in [0.1, 0.15) is 31.0 Å². The summed E-state index contributed by atoms with van der Waals surface area (Å²) >= 11 is 0. The van der Waals surface area contributed by atoms with E-state index in [1.807, 2.05) is 30.3 Å². The van der Waals surface area contributed by atoms with Gasteiger partial charge in [-0.2, -0.15) is 5.10 Å². The number of aromatic amines is 1. The summed E-state index contributed by atoms with van der Waals surface area (Å²) in [6, 6.07) is 11.9. The van der Waals surface area contributed by atoms with Crippen LogP contribution in [0.2, 0.25) is 0 Å². The summed E-state index contributed by atoms with van der Waals surface area (Å²) in [6.45, 7) is 5.47. The molecule has 1 aromatic heterocycles. The number of ether oxygens (including phenoxy) is 1. The maximum absolute atomic E-state index is 12.2. The third-order valence-corrected chi connectivity index (χ3v) is 5.28. The lowest BCUT2D eigenvalue weighted by molar-refractivity contribution is 0.0941. The first-order valence-electron chi connectivity index (χ1n) is 8.90. The summed E-state index contributed by atoms with van der Waals surface area (Å²) in [7, 11) is 0. The van der Waals surface area contributed by atoms with Crippen LogP contribution in [-0.2, 0) is 16.8 Å². The van der Waals surface area contributed by atoms with Crippen molar-refractivity contribution < 1.29 is 9.53 Å². The number of amides is 1. The lowest BCUT2D eigenvalue weighted by Crippen LogP contribution is -2.49. The fourth-order valence-electron chi connectivity index (χ4n) is 3.17. The summed E-state index contributed by atoms with van der Waals surface area (Å²) in [5, 5.41) is 7.64. The SMILES string of the molecule is CC1(c2cc(N3CCN(C(=O)OCc4ccccc4)CC3)n[nH]2)CC1. The zero-order chi connectivity index (χ0) is 17.3. The predicted molar refractivity (Wildman–Crippen MR) is 95.6 cm³/mol. The van der Waals surface area contributed by atoms with Gasteiger partial charge in [0.1, 0.15) is 6.61 Å².